The van der Waals surface area contributed by atoms with Gasteiger partial charge >= 0.3 is 6.18 Å². The van der Waals surface area contributed by atoms with Gasteiger partial charge in [0.25, 0.3) is 5.91 Å². The van der Waals surface area contributed by atoms with Crippen molar-refractivity contribution in [1.82, 2.24) is 10.6 Å². The predicted octanol–water partition coefficient (Wildman–Crippen LogP) is 1.93. The van der Waals surface area contributed by atoms with Crippen molar-refractivity contribution in [1.29, 1.82) is 0 Å². The number of alkyl halides is 3. The highest BCUT2D eigenvalue weighted by atomic mass is 19.4. The zero-order valence-electron chi connectivity index (χ0n) is 19.1. The summed E-state index contributed by atoms with van der Waals surface area (Å²) in [5.41, 5.74) is 7.00. The van der Waals surface area contributed by atoms with E-state index < -0.39 is 18.6 Å². The minimum Gasteiger partial charge on any atom is -0.400 e. The summed E-state index contributed by atoms with van der Waals surface area (Å²) in [7, 11) is 2.50. The predicted molar refractivity (Wildman–Crippen MR) is 129 cm³/mol. The third kappa shape index (κ3) is 10.5. The molecule has 0 aliphatic rings. The van der Waals surface area contributed by atoms with Crippen LogP contribution >= 0.6 is 0 Å². The number of hydrogen-bond acceptors (Lipinski definition) is 4. The van der Waals surface area contributed by atoms with E-state index in [1.807, 2.05) is 0 Å². The van der Waals surface area contributed by atoms with Crippen molar-refractivity contribution in [3.63, 3.8) is 0 Å². The van der Waals surface area contributed by atoms with Gasteiger partial charge in [-0.1, -0.05) is 12.1 Å². The molecule has 10 nitrogen and oxygen atoms in total. The molecule has 0 atom stereocenters. The summed E-state index contributed by atoms with van der Waals surface area (Å²) in [6.07, 6.45) is -4.49. The van der Waals surface area contributed by atoms with Crippen LogP contribution < -0.4 is 21.7 Å². The van der Waals surface area contributed by atoms with Crippen molar-refractivity contribution in [2.45, 2.75) is 12.7 Å². The van der Waals surface area contributed by atoms with Crippen LogP contribution in [0.15, 0.2) is 63.5 Å². The Bertz CT molecular complexity index is 1050. The van der Waals surface area contributed by atoms with Gasteiger partial charge in [-0.25, -0.2) is 9.98 Å². The Hall–Kier alpha value is -4.26. The van der Waals surface area contributed by atoms with Crippen LogP contribution in [0.1, 0.15) is 26.3 Å². The molecule has 188 valence electrons. The number of nitrogens with two attached hydrogens (primary N) is 1. The van der Waals surface area contributed by atoms with Crippen LogP contribution in [0.25, 0.3) is 0 Å². The molecule has 2 aromatic carbocycles. The van der Waals surface area contributed by atoms with Gasteiger partial charge < -0.3 is 26.8 Å². The molecular weight excluding hydrogens is 467 g/mol. The Kier molecular flexibility index (Phi) is 11.6. The van der Waals surface area contributed by atoms with Crippen molar-refractivity contribution in [3.8, 4) is 0 Å². The van der Waals surface area contributed by atoms with Crippen LogP contribution in [-0.4, -0.2) is 62.4 Å². The van der Waals surface area contributed by atoms with Gasteiger partial charge in [0.15, 0.2) is 0 Å². The molecule has 0 aromatic heterocycles. The summed E-state index contributed by atoms with van der Waals surface area (Å²) in [6.45, 7) is 1.99. The molecule has 0 heterocycles. The normalized spacial score (nSPS) is 11.6. The number of primary amides is 1. The standard InChI is InChI=1S/C21H22F3N7O2.CH4O/c1-26-18(33)15-5-3-13(4-6-15)11-28-20(29-12-21(22,23)24)31-19(27-2)30-16-9-7-14(8-10-16)17(25)32;1-2/h3-10H,2,11-12H2,1H3,(H2,25,32)(H,26,33)(H2,28,29,30,31);2H,1H3. The smallest absolute Gasteiger partial charge is 0.400 e. The van der Waals surface area contributed by atoms with Crippen molar-refractivity contribution in [3.05, 3.63) is 65.2 Å². The average molecular weight is 493 g/mol. The first-order valence-electron chi connectivity index (χ1n) is 9.94. The van der Waals surface area contributed by atoms with Crippen LogP contribution in [-0.2, 0) is 6.54 Å². The SMILES string of the molecule is C=N/C(=N\C(=NCc1ccc(C(=O)NC)cc1)NCC(F)(F)F)Nc1ccc(C(N)=O)cc1.CO. The van der Waals surface area contributed by atoms with Crippen LogP contribution in [0.3, 0.4) is 0 Å². The van der Waals surface area contributed by atoms with Crippen LogP contribution in [0.2, 0.25) is 0 Å². The third-order valence-electron chi connectivity index (χ3n) is 4.09. The van der Waals surface area contributed by atoms with Gasteiger partial charge in [0.2, 0.25) is 17.8 Å². The first kappa shape index (κ1) is 28.8. The topological polar surface area (TPSA) is 154 Å². The van der Waals surface area contributed by atoms with E-state index in [0.29, 0.717) is 16.8 Å². The molecule has 0 bridgehead atoms. The number of rotatable bonds is 6. The molecule has 0 saturated heterocycles. The second-order valence-corrected chi connectivity index (χ2v) is 6.54. The Balaban J connectivity index is 0.00000298. The zero-order valence-corrected chi connectivity index (χ0v) is 19.1. The number of carbonyl (C=O) groups excluding carboxylic acids is 2. The maximum absolute atomic E-state index is 12.7. The molecule has 0 saturated carbocycles. The van der Waals surface area contributed by atoms with Gasteiger partial charge in [0.05, 0.1) is 6.54 Å². The first-order chi connectivity index (χ1) is 16.6. The van der Waals surface area contributed by atoms with Gasteiger partial charge in [0, 0.05) is 31.0 Å². The Morgan fingerprint density at radius 1 is 1.00 bits per heavy atom. The molecule has 6 N–H and O–H groups in total. The van der Waals surface area contributed by atoms with E-state index in [9.17, 15) is 22.8 Å². The van der Waals surface area contributed by atoms with Crippen molar-refractivity contribution in [2.24, 2.45) is 20.7 Å². The van der Waals surface area contributed by atoms with E-state index in [1.165, 1.54) is 31.3 Å². The second-order valence-electron chi connectivity index (χ2n) is 6.54. The Labute approximate surface area is 199 Å². The first-order valence-corrected chi connectivity index (χ1v) is 9.94. The minimum absolute atomic E-state index is 0.00452. The van der Waals surface area contributed by atoms with E-state index in [-0.39, 0.29) is 29.9 Å². The third-order valence-corrected chi connectivity index (χ3v) is 4.09. The van der Waals surface area contributed by atoms with Gasteiger partial charge in [-0.2, -0.15) is 18.2 Å². The summed E-state index contributed by atoms with van der Waals surface area (Å²) in [5, 5.41) is 14.4. The number of benzene rings is 2. The summed E-state index contributed by atoms with van der Waals surface area (Å²) in [6, 6.07) is 12.4. The maximum atomic E-state index is 12.7. The van der Waals surface area contributed by atoms with Crippen molar-refractivity contribution < 1.29 is 27.9 Å². The highest BCUT2D eigenvalue weighted by Gasteiger charge is 2.27. The number of nitrogens with zero attached hydrogens (tertiary/aromatic N) is 3. The van der Waals surface area contributed by atoms with Crippen LogP contribution in [0.5, 0.6) is 0 Å². The molecule has 0 radical (unpaired) electrons. The lowest BCUT2D eigenvalue weighted by atomic mass is 10.1. The fourth-order valence-corrected chi connectivity index (χ4v) is 2.43. The maximum Gasteiger partial charge on any atom is 0.405 e. The lowest BCUT2D eigenvalue weighted by molar-refractivity contribution is -0.122. The summed E-state index contributed by atoms with van der Waals surface area (Å²) in [5.74, 6) is -1.32. The number of halogens is 3. The molecule has 13 heteroatoms. The second kappa shape index (κ2) is 14.1. The molecule has 0 fully saturated rings. The largest absolute Gasteiger partial charge is 0.405 e. The number of aliphatic imine (C=N–C) groups is 3. The van der Waals surface area contributed by atoms with E-state index in [2.05, 4.69) is 37.6 Å². The number of anilines is 1. The average Bonchev–Trinajstić information content (AvgIpc) is 2.85. The molecule has 2 aromatic rings. The number of amides is 2. The fourth-order valence-electron chi connectivity index (χ4n) is 2.43. The van der Waals surface area contributed by atoms with Gasteiger partial charge in [0.1, 0.15) is 6.54 Å². The quantitative estimate of drug-likeness (QED) is 0.307. The van der Waals surface area contributed by atoms with E-state index in [1.54, 1.807) is 24.3 Å². The number of carbonyl (C=O) groups is 2. The number of hydrogen-bond donors (Lipinski definition) is 5. The Morgan fingerprint density at radius 2 is 1.57 bits per heavy atom. The molecule has 0 aliphatic heterocycles. The summed E-state index contributed by atoms with van der Waals surface area (Å²) < 4.78 is 38.1. The fraction of sp³-hybridized carbons (Fsp3) is 0.227. The summed E-state index contributed by atoms with van der Waals surface area (Å²) in [4.78, 5) is 34.5. The van der Waals surface area contributed by atoms with Gasteiger partial charge in [-0.3, -0.25) is 9.59 Å². The lowest BCUT2D eigenvalue weighted by Crippen LogP contribution is -2.34. The molecule has 0 unspecified atom stereocenters. The molecule has 35 heavy (non-hydrogen) atoms. The number of guanidine groups is 2. The van der Waals surface area contributed by atoms with Gasteiger partial charge in [-0.05, 0) is 48.7 Å². The highest BCUT2D eigenvalue weighted by Crippen LogP contribution is 2.13. The summed E-state index contributed by atoms with van der Waals surface area (Å²) >= 11 is 0. The molecular formula is C22H26F3N7O3. The van der Waals surface area contributed by atoms with E-state index in [4.69, 9.17) is 10.8 Å². The van der Waals surface area contributed by atoms with Crippen molar-refractivity contribution in [2.75, 3.05) is 26.0 Å². The minimum atomic E-state index is -4.49. The molecule has 2 rings (SSSR count). The molecule has 0 aliphatic carbocycles. The number of aliphatic hydroxyl groups excluding tert-OH is 1. The van der Waals surface area contributed by atoms with Crippen LogP contribution in [0, 0.1) is 0 Å². The van der Waals surface area contributed by atoms with Crippen LogP contribution in [0.4, 0.5) is 18.9 Å². The molecule has 0 spiro atoms. The number of aliphatic hydroxyl groups is 1. The number of nitrogens with one attached hydrogen (secondary N) is 3. The zero-order chi connectivity index (χ0) is 26.4. The Morgan fingerprint density at radius 3 is 2.06 bits per heavy atom. The monoisotopic (exact) mass is 493 g/mol. The van der Waals surface area contributed by atoms with E-state index in [0.717, 1.165) is 7.11 Å². The van der Waals surface area contributed by atoms with Crippen molar-refractivity contribution >= 4 is 36.1 Å². The lowest BCUT2D eigenvalue weighted by Gasteiger charge is -2.11. The highest BCUT2D eigenvalue weighted by molar-refractivity contribution is 6.04. The van der Waals surface area contributed by atoms with E-state index >= 15 is 0 Å². The van der Waals surface area contributed by atoms with Gasteiger partial charge in [-0.15, -0.1) is 0 Å². The molecule has 2 amide bonds.